The summed E-state index contributed by atoms with van der Waals surface area (Å²) in [6.07, 6.45) is 0. The molecule has 2 aromatic carbocycles. The third-order valence-electron chi connectivity index (χ3n) is 4.00. The van der Waals surface area contributed by atoms with E-state index in [0.29, 0.717) is 12.1 Å². The SMILES string of the molecule is Nc1cc(F)cc(C(=O)O)c1O.Nc1cc(F)cc(C(=O)O)c1O.O=C(O)C(F)(F)C(F)(F)C(F)(F)C(=O)O. The van der Waals surface area contributed by atoms with E-state index in [1.165, 1.54) is 0 Å². The number of hydrogen-bond acceptors (Lipinski definition) is 8. The molecule has 0 bridgehead atoms. The van der Waals surface area contributed by atoms with E-state index in [4.69, 9.17) is 42.1 Å². The number of alkyl halides is 6. The summed E-state index contributed by atoms with van der Waals surface area (Å²) in [7, 11) is 0. The number of carboxylic acid groups (broad SMARTS) is 4. The zero-order valence-corrected chi connectivity index (χ0v) is 18.3. The van der Waals surface area contributed by atoms with E-state index < -0.39 is 75.9 Å². The van der Waals surface area contributed by atoms with Crippen LogP contribution in [0.1, 0.15) is 20.7 Å². The van der Waals surface area contributed by atoms with Gasteiger partial charge in [-0.1, -0.05) is 0 Å². The lowest BCUT2D eigenvalue weighted by atomic mass is 10.1. The molecule has 0 fully saturated rings. The summed E-state index contributed by atoms with van der Waals surface area (Å²) in [4.78, 5) is 39.8. The summed E-state index contributed by atoms with van der Waals surface area (Å²) < 4.78 is 97.8. The third kappa shape index (κ3) is 7.49. The van der Waals surface area contributed by atoms with Crippen LogP contribution < -0.4 is 11.5 Å². The van der Waals surface area contributed by atoms with Crippen LogP contribution in [0.3, 0.4) is 0 Å². The van der Waals surface area contributed by atoms with E-state index in [9.17, 15) is 54.3 Å². The van der Waals surface area contributed by atoms with Crippen LogP contribution in [0.4, 0.5) is 46.5 Å². The monoisotopic (exact) mass is 582 g/mol. The van der Waals surface area contributed by atoms with Crippen LogP contribution in [-0.4, -0.2) is 72.3 Å². The van der Waals surface area contributed by atoms with Crippen LogP contribution in [0.25, 0.3) is 0 Å². The maximum Gasteiger partial charge on any atom is 0.411 e. The maximum atomic E-state index is 12.5. The predicted molar refractivity (Wildman–Crippen MR) is 109 cm³/mol. The molecule has 216 valence electrons. The first-order valence-electron chi connectivity index (χ1n) is 9.06. The van der Waals surface area contributed by atoms with E-state index >= 15 is 0 Å². The van der Waals surface area contributed by atoms with Crippen LogP contribution in [0, 0.1) is 11.6 Å². The fourth-order valence-electron chi connectivity index (χ4n) is 2.03. The molecule has 2 rings (SSSR count). The first-order chi connectivity index (χ1) is 17.4. The largest absolute Gasteiger partial charge is 0.505 e. The third-order valence-corrected chi connectivity index (χ3v) is 4.00. The molecule has 20 heteroatoms. The second-order valence-electron chi connectivity index (χ2n) is 6.73. The molecule has 0 radical (unpaired) electrons. The Bertz CT molecular complexity index is 1190. The van der Waals surface area contributed by atoms with E-state index in [1.807, 2.05) is 0 Å². The Morgan fingerprint density at radius 3 is 1.05 bits per heavy atom. The molecular formula is C19H14F8N2O10. The minimum absolute atomic E-state index is 0.285. The Balaban J connectivity index is 0.000000559. The van der Waals surface area contributed by atoms with Crippen molar-refractivity contribution in [2.45, 2.75) is 17.8 Å². The van der Waals surface area contributed by atoms with Gasteiger partial charge < -0.3 is 42.1 Å². The average Bonchev–Trinajstić information content (AvgIpc) is 2.78. The fourth-order valence-corrected chi connectivity index (χ4v) is 2.03. The average molecular weight is 582 g/mol. The molecule has 10 N–H and O–H groups in total. The minimum atomic E-state index is -6.53. The first kappa shape index (κ1) is 34.0. The number of nitrogen functional groups attached to an aromatic ring is 2. The molecule has 0 amide bonds. The highest BCUT2D eigenvalue weighted by atomic mass is 19.3. The highest BCUT2D eigenvalue weighted by Crippen LogP contribution is 2.45. The topological polar surface area (TPSA) is 242 Å². The molecule has 2 aromatic rings. The molecule has 0 spiro atoms. The fraction of sp³-hybridized carbons (Fsp3) is 0.158. The molecule has 0 aromatic heterocycles. The highest BCUT2D eigenvalue weighted by molar-refractivity contribution is 5.93. The van der Waals surface area contributed by atoms with Gasteiger partial charge >= 0.3 is 41.6 Å². The van der Waals surface area contributed by atoms with E-state index in [0.717, 1.165) is 12.1 Å². The molecule has 0 unspecified atom stereocenters. The summed E-state index contributed by atoms with van der Waals surface area (Å²) in [6.45, 7) is 0. The van der Waals surface area contributed by atoms with Crippen LogP contribution in [0.15, 0.2) is 24.3 Å². The molecule has 12 nitrogen and oxygen atoms in total. The zero-order chi connectivity index (χ0) is 31.3. The van der Waals surface area contributed by atoms with Gasteiger partial charge in [-0.05, 0) is 12.1 Å². The molecule has 0 aliphatic heterocycles. The van der Waals surface area contributed by atoms with Gasteiger partial charge in [0.15, 0.2) is 11.5 Å². The summed E-state index contributed by atoms with van der Waals surface area (Å²) >= 11 is 0. The number of nitrogens with two attached hydrogens (primary N) is 2. The molecular weight excluding hydrogens is 568 g/mol. The van der Waals surface area contributed by atoms with Gasteiger partial charge in [-0.15, -0.1) is 0 Å². The standard InChI is InChI=1S/2C7H6FNO3.C5H2F6O4/c2*8-3-1-4(7(11)12)6(10)5(9)2-3;6-3(7,1(12)13)5(10,11)4(8,9)2(14)15/h2*1-2,10H,9H2,(H,11,12);(H,12,13)(H,14,15). The van der Waals surface area contributed by atoms with Crippen LogP contribution in [-0.2, 0) is 9.59 Å². The van der Waals surface area contributed by atoms with Gasteiger partial charge in [-0.25, -0.2) is 28.0 Å². The molecule has 0 saturated heterocycles. The number of phenols is 2. The second kappa shape index (κ2) is 12.0. The van der Waals surface area contributed by atoms with Gasteiger partial charge in [-0.3, -0.25) is 0 Å². The molecule has 0 atom stereocenters. The second-order valence-corrected chi connectivity index (χ2v) is 6.73. The molecule has 0 aliphatic carbocycles. The number of aromatic carboxylic acids is 2. The Hall–Kier alpha value is -5.04. The van der Waals surface area contributed by atoms with Gasteiger partial charge in [0.05, 0.1) is 11.4 Å². The van der Waals surface area contributed by atoms with Crippen molar-refractivity contribution in [2.75, 3.05) is 11.5 Å². The lowest BCUT2D eigenvalue weighted by molar-refractivity contribution is -0.298. The van der Waals surface area contributed by atoms with Crippen molar-refractivity contribution >= 4 is 35.3 Å². The van der Waals surface area contributed by atoms with Crippen molar-refractivity contribution in [3.63, 3.8) is 0 Å². The molecule has 39 heavy (non-hydrogen) atoms. The van der Waals surface area contributed by atoms with Crippen LogP contribution >= 0.6 is 0 Å². The quantitative estimate of drug-likeness (QED) is 0.139. The number of carboxylic acids is 4. The van der Waals surface area contributed by atoms with E-state index in [1.54, 1.807) is 0 Å². The number of anilines is 2. The predicted octanol–water partition coefficient (Wildman–Crippen LogP) is 2.68. The Morgan fingerprint density at radius 1 is 0.590 bits per heavy atom. The van der Waals surface area contributed by atoms with Gasteiger partial charge in [0.25, 0.3) is 0 Å². The summed E-state index contributed by atoms with van der Waals surface area (Å²) in [5, 5.41) is 50.0. The van der Waals surface area contributed by atoms with Crippen molar-refractivity contribution in [1.82, 2.24) is 0 Å². The van der Waals surface area contributed by atoms with Gasteiger partial charge in [0.1, 0.15) is 22.8 Å². The van der Waals surface area contributed by atoms with Crippen molar-refractivity contribution in [2.24, 2.45) is 0 Å². The van der Waals surface area contributed by atoms with Crippen molar-refractivity contribution in [3.8, 4) is 11.5 Å². The number of rotatable bonds is 6. The first-order valence-corrected chi connectivity index (χ1v) is 9.06. The number of aromatic hydroxyl groups is 2. The van der Waals surface area contributed by atoms with Crippen molar-refractivity contribution in [1.29, 1.82) is 0 Å². The summed E-state index contributed by atoms with van der Waals surface area (Å²) in [6, 6.07) is 3.10. The minimum Gasteiger partial charge on any atom is -0.505 e. The lowest BCUT2D eigenvalue weighted by Crippen LogP contribution is -2.60. The van der Waals surface area contributed by atoms with Crippen LogP contribution in [0.2, 0.25) is 0 Å². The summed E-state index contributed by atoms with van der Waals surface area (Å²) in [5.41, 5.74) is 8.57. The van der Waals surface area contributed by atoms with Crippen molar-refractivity contribution in [3.05, 3.63) is 47.0 Å². The van der Waals surface area contributed by atoms with Gasteiger partial charge in [0, 0.05) is 12.1 Å². The van der Waals surface area contributed by atoms with Crippen molar-refractivity contribution < 1.29 is 84.9 Å². The normalized spacial score (nSPS) is 11.3. The Morgan fingerprint density at radius 2 is 0.846 bits per heavy atom. The van der Waals surface area contributed by atoms with Gasteiger partial charge in [0.2, 0.25) is 0 Å². The van der Waals surface area contributed by atoms with Crippen LogP contribution in [0.5, 0.6) is 11.5 Å². The smallest absolute Gasteiger partial charge is 0.411 e. The highest BCUT2D eigenvalue weighted by Gasteiger charge is 2.78. The van der Waals surface area contributed by atoms with E-state index in [2.05, 4.69) is 0 Å². The number of aliphatic carboxylic acids is 2. The summed E-state index contributed by atoms with van der Waals surface area (Å²) in [5.74, 6) is -31.6. The number of halogens is 8. The molecule has 0 aliphatic rings. The molecule has 0 saturated carbocycles. The van der Waals surface area contributed by atoms with Gasteiger partial charge in [-0.2, -0.15) is 26.3 Å². The Labute approximate surface area is 208 Å². The zero-order valence-electron chi connectivity index (χ0n) is 18.3. The molecule has 0 heterocycles. The maximum absolute atomic E-state index is 12.5. The number of hydrogen-bond donors (Lipinski definition) is 8. The lowest BCUT2D eigenvalue weighted by Gasteiger charge is -2.27. The number of carbonyl (C=O) groups is 4. The Kier molecular flexibility index (Phi) is 10.5. The van der Waals surface area contributed by atoms with E-state index in [-0.39, 0.29) is 11.4 Å². The number of benzene rings is 2.